The first-order chi connectivity index (χ1) is 21.9. The number of halogens is 4. The molecule has 0 aliphatic carbocycles. The van der Waals surface area contributed by atoms with E-state index in [4.69, 9.17) is 5.10 Å². The van der Waals surface area contributed by atoms with Crippen molar-refractivity contribution in [3.8, 4) is 5.75 Å². The molecular weight excluding hydrogens is 600 g/mol. The van der Waals surface area contributed by atoms with Gasteiger partial charge in [-0.15, -0.1) is 13.2 Å². The summed E-state index contributed by atoms with van der Waals surface area (Å²) in [4.78, 5) is 16.9. The Hall–Kier alpha value is -3.44. The molecule has 1 N–H and O–H groups in total. The zero-order valence-electron chi connectivity index (χ0n) is 26.7. The lowest BCUT2D eigenvalue weighted by Gasteiger charge is -2.35. The molecular formula is C35H44F4N4O3. The van der Waals surface area contributed by atoms with E-state index in [1.165, 1.54) is 23.9 Å². The Morgan fingerprint density at radius 2 is 1.78 bits per heavy atom. The van der Waals surface area contributed by atoms with Crippen LogP contribution in [0.1, 0.15) is 74.4 Å². The van der Waals surface area contributed by atoms with Crippen LogP contribution in [-0.2, 0) is 17.8 Å². The summed E-state index contributed by atoms with van der Waals surface area (Å²) < 4.78 is 57.8. The van der Waals surface area contributed by atoms with Crippen molar-refractivity contribution in [1.82, 2.24) is 19.6 Å². The lowest BCUT2D eigenvalue weighted by atomic mass is 9.87. The van der Waals surface area contributed by atoms with E-state index in [2.05, 4.69) is 27.5 Å². The Labute approximate surface area is 268 Å². The molecule has 2 aromatic carbocycles. The van der Waals surface area contributed by atoms with Crippen LogP contribution in [0.2, 0.25) is 0 Å². The molecule has 11 heteroatoms. The van der Waals surface area contributed by atoms with E-state index in [0.717, 1.165) is 62.3 Å². The number of alkyl halides is 3. The Morgan fingerprint density at radius 1 is 1.07 bits per heavy atom. The van der Waals surface area contributed by atoms with Gasteiger partial charge in [0.25, 0.3) is 0 Å². The van der Waals surface area contributed by atoms with Crippen LogP contribution >= 0.6 is 0 Å². The third-order valence-corrected chi connectivity index (χ3v) is 9.78. The predicted molar refractivity (Wildman–Crippen MR) is 167 cm³/mol. The number of carboxylic acids is 1. The summed E-state index contributed by atoms with van der Waals surface area (Å²) in [5, 5.41) is 14.9. The fraction of sp³-hybridized carbons (Fsp3) is 0.543. The van der Waals surface area contributed by atoms with E-state index < -0.39 is 18.4 Å². The molecule has 3 heterocycles. The summed E-state index contributed by atoms with van der Waals surface area (Å²) >= 11 is 0. The molecule has 250 valence electrons. The number of rotatable bonds is 12. The largest absolute Gasteiger partial charge is 0.573 e. The second-order valence-corrected chi connectivity index (χ2v) is 12.9. The van der Waals surface area contributed by atoms with Crippen molar-refractivity contribution in [1.29, 1.82) is 0 Å². The van der Waals surface area contributed by atoms with Crippen molar-refractivity contribution in [2.45, 2.75) is 77.2 Å². The number of nitrogens with zero attached hydrogens (tertiary/aromatic N) is 4. The van der Waals surface area contributed by atoms with Crippen molar-refractivity contribution in [3.63, 3.8) is 0 Å². The molecule has 0 saturated carbocycles. The van der Waals surface area contributed by atoms with Gasteiger partial charge in [0.1, 0.15) is 17.6 Å². The van der Waals surface area contributed by atoms with E-state index in [0.29, 0.717) is 25.4 Å². The number of aromatic nitrogens is 2. The normalized spacial score (nSPS) is 21.4. The average Bonchev–Trinajstić information content (AvgIpc) is 3.61. The molecule has 4 atom stereocenters. The number of hydrogen-bond donors (Lipinski definition) is 1. The van der Waals surface area contributed by atoms with Crippen LogP contribution in [0.15, 0.2) is 54.6 Å². The van der Waals surface area contributed by atoms with E-state index >= 15 is 0 Å². The molecule has 7 nitrogen and oxygen atoms in total. The highest BCUT2D eigenvalue weighted by atomic mass is 19.4. The van der Waals surface area contributed by atoms with E-state index in [-0.39, 0.29) is 29.3 Å². The topological polar surface area (TPSA) is 70.8 Å². The number of benzene rings is 2. The fourth-order valence-corrected chi connectivity index (χ4v) is 7.33. The number of likely N-dealkylation sites (tertiary alicyclic amines) is 2. The highest BCUT2D eigenvalue weighted by Gasteiger charge is 2.42. The van der Waals surface area contributed by atoms with Gasteiger partial charge in [-0.2, -0.15) is 5.10 Å². The molecule has 5 rings (SSSR count). The summed E-state index contributed by atoms with van der Waals surface area (Å²) in [6.07, 6.45) is -1.52. The van der Waals surface area contributed by atoms with Crippen LogP contribution in [0.3, 0.4) is 0 Å². The number of carbonyl (C=O) groups is 1. The van der Waals surface area contributed by atoms with Crippen molar-refractivity contribution >= 4 is 5.97 Å². The highest BCUT2D eigenvalue weighted by molar-refractivity contribution is 5.74. The highest BCUT2D eigenvalue weighted by Crippen LogP contribution is 2.38. The first-order valence-electron chi connectivity index (χ1n) is 16.3. The van der Waals surface area contributed by atoms with Gasteiger partial charge in [0.15, 0.2) is 0 Å². The minimum Gasteiger partial charge on any atom is -0.480 e. The van der Waals surface area contributed by atoms with Crippen molar-refractivity contribution < 1.29 is 32.2 Å². The molecule has 2 aliphatic heterocycles. The first kappa shape index (κ1) is 33.9. The zero-order chi connectivity index (χ0) is 33.0. The van der Waals surface area contributed by atoms with Crippen molar-refractivity contribution in [2.75, 3.05) is 32.7 Å². The molecule has 0 radical (unpaired) electrons. The van der Waals surface area contributed by atoms with Crippen LogP contribution in [0.5, 0.6) is 5.75 Å². The number of ether oxygens (including phenoxy) is 1. The lowest BCUT2D eigenvalue weighted by molar-refractivity contribution is -0.274. The standard InChI is InChI=1S/C35H44F4N4O3/c1-4-23(3)33(34(44)45)42-21-27(31(22-42)26-7-6-8-28(36)18-26)20-41-15-13-25(14-16-41)32-19-29(40-43(32)5-2)17-24-9-11-30(12-10-24)46-35(37,38)39/h6-12,18-19,23,25,27,31,33H,4-5,13-17,20-22H2,1-3H3,(H,44,45)/t23-,27+,31-,33-/m1/s1. The van der Waals surface area contributed by atoms with E-state index in [9.17, 15) is 27.5 Å². The lowest BCUT2D eigenvalue weighted by Crippen LogP contribution is -2.45. The second-order valence-electron chi connectivity index (χ2n) is 12.9. The Morgan fingerprint density at radius 3 is 2.39 bits per heavy atom. The Bertz CT molecular complexity index is 1450. The number of carboxylic acid groups (broad SMARTS) is 1. The molecule has 2 aliphatic rings. The van der Waals surface area contributed by atoms with E-state index in [1.54, 1.807) is 24.3 Å². The molecule has 0 spiro atoms. The van der Waals surface area contributed by atoms with Gasteiger partial charge in [0.05, 0.1) is 5.69 Å². The van der Waals surface area contributed by atoms with E-state index in [1.807, 2.05) is 24.6 Å². The summed E-state index contributed by atoms with van der Waals surface area (Å²) in [5.41, 5.74) is 3.84. The molecule has 3 aromatic rings. The molecule has 0 bridgehead atoms. The van der Waals surface area contributed by atoms with Crippen molar-refractivity contribution in [2.24, 2.45) is 11.8 Å². The van der Waals surface area contributed by atoms with Gasteiger partial charge in [0, 0.05) is 50.1 Å². The molecule has 1 aromatic heterocycles. The maximum atomic E-state index is 14.3. The number of aliphatic carboxylic acids is 1. The monoisotopic (exact) mass is 644 g/mol. The van der Waals surface area contributed by atoms with Gasteiger partial charge in [-0.25, -0.2) is 4.39 Å². The number of aryl methyl sites for hydroxylation is 1. The summed E-state index contributed by atoms with van der Waals surface area (Å²) in [6, 6.07) is 14.2. The smallest absolute Gasteiger partial charge is 0.480 e. The average molecular weight is 645 g/mol. The zero-order valence-corrected chi connectivity index (χ0v) is 26.7. The minimum atomic E-state index is -4.72. The van der Waals surface area contributed by atoms with Gasteiger partial charge in [0.2, 0.25) is 0 Å². The van der Waals surface area contributed by atoms with Crippen molar-refractivity contribution in [3.05, 3.63) is 82.9 Å². The summed E-state index contributed by atoms with van der Waals surface area (Å²) in [7, 11) is 0. The fourth-order valence-electron chi connectivity index (χ4n) is 7.33. The van der Waals surface area contributed by atoms with Crippen LogP contribution in [0, 0.1) is 17.7 Å². The van der Waals surface area contributed by atoms with Gasteiger partial charge in [-0.1, -0.05) is 44.5 Å². The van der Waals surface area contributed by atoms with Gasteiger partial charge in [-0.3, -0.25) is 14.4 Å². The third-order valence-electron chi connectivity index (χ3n) is 9.78. The Kier molecular flexibility index (Phi) is 10.7. The molecule has 46 heavy (non-hydrogen) atoms. The molecule has 2 fully saturated rings. The quantitative estimate of drug-likeness (QED) is 0.216. The Balaban J connectivity index is 1.23. The first-order valence-corrected chi connectivity index (χ1v) is 16.3. The second kappa shape index (κ2) is 14.5. The molecule has 0 unspecified atom stereocenters. The maximum absolute atomic E-state index is 14.3. The SMILES string of the molecule is CC[C@@H](C)[C@H](C(=O)O)N1C[C@H](CN2CCC(c3cc(Cc4ccc(OC(F)(F)F)cc4)nn3CC)CC2)[C@@H](c2cccc(F)c2)C1. The molecule has 2 saturated heterocycles. The van der Waals surface area contributed by atoms with Crippen LogP contribution in [0.25, 0.3) is 0 Å². The number of piperidine rings is 1. The third kappa shape index (κ3) is 8.28. The molecule has 0 amide bonds. The summed E-state index contributed by atoms with van der Waals surface area (Å²) in [5.74, 6) is -0.730. The summed E-state index contributed by atoms with van der Waals surface area (Å²) in [6.45, 7) is 10.7. The minimum absolute atomic E-state index is 0.0104. The van der Waals surface area contributed by atoms with Gasteiger partial charge < -0.3 is 14.7 Å². The van der Waals surface area contributed by atoms with Crippen LogP contribution in [0.4, 0.5) is 17.6 Å². The van der Waals surface area contributed by atoms with Crippen LogP contribution in [-0.4, -0.2) is 75.8 Å². The van der Waals surface area contributed by atoms with Crippen LogP contribution < -0.4 is 4.74 Å². The van der Waals surface area contributed by atoms with Gasteiger partial charge in [-0.05, 0) is 86.1 Å². The predicted octanol–water partition coefficient (Wildman–Crippen LogP) is 6.93. The number of hydrogen-bond acceptors (Lipinski definition) is 5. The van der Waals surface area contributed by atoms with Gasteiger partial charge >= 0.3 is 12.3 Å². The maximum Gasteiger partial charge on any atom is 0.573 e.